The first-order valence-corrected chi connectivity index (χ1v) is 5.07. The summed E-state index contributed by atoms with van der Waals surface area (Å²) in [6.07, 6.45) is 0.511. The Hall–Kier alpha value is -0.560. The van der Waals surface area contributed by atoms with Crippen LogP contribution in [-0.2, 0) is 4.74 Å². The van der Waals surface area contributed by atoms with Crippen molar-refractivity contribution in [2.24, 2.45) is 0 Å². The van der Waals surface area contributed by atoms with Gasteiger partial charge in [0.05, 0.1) is 13.2 Å². The second-order valence-electron chi connectivity index (χ2n) is 3.29. The number of rotatable bonds is 7. The molecule has 0 fully saturated rings. The molecule has 0 radical (unpaired) electrons. The molecule has 3 heteroatoms. The van der Waals surface area contributed by atoms with Crippen molar-refractivity contribution in [1.29, 1.82) is 0 Å². The second-order valence-corrected chi connectivity index (χ2v) is 3.29. The van der Waals surface area contributed by atoms with Gasteiger partial charge in [0.25, 0.3) is 0 Å². The maximum atomic E-state index is 9.21. The second kappa shape index (κ2) is 9.01. The number of likely N-dealkylation sites (N-methyl/N-ethyl adjacent to an activating group) is 1. The normalized spacial score (nSPS) is 12.4. The Morgan fingerprint density at radius 2 is 2.14 bits per heavy atom. The molecule has 82 valence electrons. The zero-order valence-corrected chi connectivity index (χ0v) is 9.42. The Bertz CT molecular complexity index is 183. The number of ether oxygens (including phenoxy) is 1. The number of hydrogen-bond donors (Lipinski definition) is 1. The smallest absolute Gasteiger partial charge is 0.137 e. The van der Waals surface area contributed by atoms with Crippen molar-refractivity contribution in [2.45, 2.75) is 26.4 Å². The molecule has 0 heterocycles. The van der Waals surface area contributed by atoms with Gasteiger partial charge in [0.1, 0.15) is 6.10 Å². The molecule has 0 amide bonds. The van der Waals surface area contributed by atoms with E-state index in [0.717, 1.165) is 19.5 Å². The zero-order chi connectivity index (χ0) is 10.8. The minimum atomic E-state index is -0.642. The van der Waals surface area contributed by atoms with Crippen LogP contribution in [0.1, 0.15) is 20.3 Å². The van der Waals surface area contributed by atoms with E-state index in [-0.39, 0.29) is 0 Å². The van der Waals surface area contributed by atoms with Crippen molar-refractivity contribution < 1.29 is 9.84 Å². The molecule has 0 aromatic heterocycles. The van der Waals surface area contributed by atoms with Gasteiger partial charge >= 0.3 is 0 Å². The molecule has 0 aromatic carbocycles. The Morgan fingerprint density at radius 1 is 1.43 bits per heavy atom. The zero-order valence-electron chi connectivity index (χ0n) is 9.42. The Morgan fingerprint density at radius 3 is 2.71 bits per heavy atom. The highest BCUT2D eigenvalue weighted by molar-refractivity contribution is 5.01. The standard InChI is InChI=1S/C11H21NO2/c1-4-6-11(13)10-14-9-8-12(3)7-5-2/h11,13H,5,7-10H2,1-3H3. The molecule has 0 bridgehead atoms. The van der Waals surface area contributed by atoms with E-state index in [1.165, 1.54) is 0 Å². The maximum Gasteiger partial charge on any atom is 0.137 e. The molecule has 0 aromatic rings. The predicted molar refractivity (Wildman–Crippen MR) is 58.1 cm³/mol. The van der Waals surface area contributed by atoms with E-state index in [0.29, 0.717) is 13.2 Å². The van der Waals surface area contributed by atoms with Crippen LogP contribution < -0.4 is 0 Å². The maximum absolute atomic E-state index is 9.21. The lowest BCUT2D eigenvalue weighted by atomic mass is 10.4. The molecule has 0 saturated carbocycles. The van der Waals surface area contributed by atoms with Gasteiger partial charge in [0.15, 0.2) is 0 Å². The van der Waals surface area contributed by atoms with Gasteiger partial charge in [0, 0.05) is 6.54 Å². The molecule has 0 aliphatic rings. The molecule has 0 saturated heterocycles. The number of aliphatic hydroxyl groups is 1. The number of nitrogens with zero attached hydrogens (tertiary/aromatic N) is 1. The third kappa shape index (κ3) is 8.06. The topological polar surface area (TPSA) is 32.7 Å². The third-order valence-corrected chi connectivity index (χ3v) is 1.81. The fraction of sp³-hybridized carbons (Fsp3) is 0.818. The molecular weight excluding hydrogens is 178 g/mol. The van der Waals surface area contributed by atoms with E-state index in [9.17, 15) is 5.11 Å². The van der Waals surface area contributed by atoms with Gasteiger partial charge in [-0.3, -0.25) is 0 Å². The lowest BCUT2D eigenvalue weighted by Gasteiger charge is -2.15. The first-order chi connectivity index (χ1) is 6.70. The highest BCUT2D eigenvalue weighted by atomic mass is 16.5. The molecule has 1 unspecified atom stereocenters. The number of aliphatic hydroxyl groups excluding tert-OH is 1. The molecule has 0 spiro atoms. The van der Waals surface area contributed by atoms with E-state index in [1.54, 1.807) is 6.92 Å². The average Bonchev–Trinajstić information content (AvgIpc) is 2.13. The molecule has 0 aliphatic carbocycles. The van der Waals surface area contributed by atoms with Crippen molar-refractivity contribution in [3.8, 4) is 11.8 Å². The van der Waals surface area contributed by atoms with Crippen molar-refractivity contribution in [3.63, 3.8) is 0 Å². The van der Waals surface area contributed by atoms with Crippen LogP contribution in [0.3, 0.4) is 0 Å². The summed E-state index contributed by atoms with van der Waals surface area (Å²) >= 11 is 0. The van der Waals surface area contributed by atoms with Gasteiger partial charge in [-0.15, -0.1) is 5.92 Å². The van der Waals surface area contributed by atoms with Crippen LogP contribution in [0, 0.1) is 11.8 Å². The minimum absolute atomic E-state index is 0.306. The van der Waals surface area contributed by atoms with Gasteiger partial charge in [-0.1, -0.05) is 12.8 Å². The quantitative estimate of drug-likeness (QED) is 0.484. The molecule has 0 rings (SSSR count). The van der Waals surface area contributed by atoms with Crippen molar-refractivity contribution in [3.05, 3.63) is 0 Å². The monoisotopic (exact) mass is 199 g/mol. The van der Waals surface area contributed by atoms with Crippen molar-refractivity contribution >= 4 is 0 Å². The van der Waals surface area contributed by atoms with Gasteiger partial charge in [0.2, 0.25) is 0 Å². The fourth-order valence-electron chi connectivity index (χ4n) is 1.12. The van der Waals surface area contributed by atoms with Gasteiger partial charge < -0.3 is 14.7 Å². The summed E-state index contributed by atoms with van der Waals surface area (Å²) in [6.45, 7) is 6.80. The van der Waals surface area contributed by atoms with Crippen LogP contribution in [-0.4, -0.2) is 49.5 Å². The van der Waals surface area contributed by atoms with Crippen LogP contribution >= 0.6 is 0 Å². The van der Waals surface area contributed by atoms with Gasteiger partial charge in [-0.05, 0) is 26.9 Å². The molecule has 3 nitrogen and oxygen atoms in total. The predicted octanol–water partition coefficient (Wildman–Crippen LogP) is 0.729. The van der Waals surface area contributed by atoms with Crippen LogP contribution in [0.25, 0.3) is 0 Å². The van der Waals surface area contributed by atoms with Crippen LogP contribution in [0.5, 0.6) is 0 Å². The third-order valence-electron chi connectivity index (χ3n) is 1.81. The summed E-state index contributed by atoms with van der Waals surface area (Å²) in [6, 6.07) is 0. The SMILES string of the molecule is CC#CC(O)COCCN(C)CCC. The Labute approximate surface area is 87.1 Å². The summed E-state index contributed by atoms with van der Waals surface area (Å²) in [4.78, 5) is 2.21. The van der Waals surface area contributed by atoms with Gasteiger partial charge in [-0.2, -0.15) is 0 Å². The highest BCUT2D eigenvalue weighted by Gasteiger charge is 1.99. The van der Waals surface area contributed by atoms with Crippen LogP contribution in [0.15, 0.2) is 0 Å². The lowest BCUT2D eigenvalue weighted by Crippen LogP contribution is -2.25. The summed E-state index contributed by atoms with van der Waals surface area (Å²) in [7, 11) is 2.06. The summed E-state index contributed by atoms with van der Waals surface area (Å²) in [5.74, 6) is 5.27. The highest BCUT2D eigenvalue weighted by Crippen LogP contribution is 1.88. The average molecular weight is 199 g/mol. The summed E-state index contributed by atoms with van der Waals surface area (Å²) in [5.41, 5.74) is 0. The minimum Gasteiger partial charge on any atom is -0.378 e. The lowest BCUT2D eigenvalue weighted by molar-refractivity contribution is 0.0538. The summed E-state index contributed by atoms with van der Waals surface area (Å²) in [5, 5.41) is 9.21. The Kier molecular flexibility index (Phi) is 8.65. The van der Waals surface area contributed by atoms with E-state index < -0.39 is 6.10 Å². The van der Waals surface area contributed by atoms with Crippen LogP contribution in [0.4, 0.5) is 0 Å². The van der Waals surface area contributed by atoms with Crippen molar-refractivity contribution in [1.82, 2.24) is 4.90 Å². The largest absolute Gasteiger partial charge is 0.378 e. The first-order valence-electron chi connectivity index (χ1n) is 5.07. The molecule has 0 aliphatic heterocycles. The molecule has 1 atom stereocenters. The molecule has 1 N–H and O–H groups in total. The first kappa shape index (κ1) is 13.4. The van der Waals surface area contributed by atoms with E-state index in [2.05, 4.69) is 30.7 Å². The van der Waals surface area contributed by atoms with E-state index in [1.807, 2.05) is 0 Å². The summed E-state index contributed by atoms with van der Waals surface area (Å²) < 4.78 is 5.27. The Balaban J connectivity index is 3.31. The van der Waals surface area contributed by atoms with Crippen molar-refractivity contribution in [2.75, 3.05) is 33.4 Å². The van der Waals surface area contributed by atoms with E-state index >= 15 is 0 Å². The molecule has 14 heavy (non-hydrogen) atoms. The van der Waals surface area contributed by atoms with Crippen LogP contribution in [0.2, 0.25) is 0 Å². The molecular formula is C11H21NO2. The fourth-order valence-corrected chi connectivity index (χ4v) is 1.12. The van der Waals surface area contributed by atoms with Gasteiger partial charge in [-0.25, -0.2) is 0 Å². The van der Waals surface area contributed by atoms with E-state index in [4.69, 9.17) is 4.74 Å². The number of hydrogen-bond acceptors (Lipinski definition) is 3.